The number of amides is 2. The van der Waals surface area contributed by atoms with Crippen molar-refractivity contribution in [1.29, 1.82) is 0 Å². The van der Waals surface area contributed by atoms with E-state index in [0.717, 1.165) is 5.56 Å². The number of hydrogen-bond acceptors (Lipinski definition) is 5. The maximum absolute atomic E-state index is 13.6. The van der Waals surface area contributed by atoms with E-state index >= 15 is 0 Å². The van der Waals surface area contributed by atoms with Gasteiger partial charge in [0.2, 0.25) is 5.91 Å². The molecule has 174 valence electrons. The normalized spacial score (nSPS) is 23.9. The van der Waals surface area contributed by atoms with E-state index in [-0.39, 0.29) is 47.3 Å². The predicted octanol–water partition coefficient (Wildman–Crippen LogP) is 2.23. The molecular formula is C25H35N3O4. The van der Waals surface area contributed by atoms with Crippen LogP contribution >= 0.6 is 0 Å². The predicted molar refractivity (Wildman–Crippen MR) is 122 cm³/mol. The summed E-state index contributed by atoms with van der Waals surface area (Å²) in [5.41, 5.74) is 1.56. The Labute approximate surface area is 190 Å². The Bertz CT molecular complexity index is 901. The molecule has 4 atom stereocenters. The van der Waals surface area contributed by atoms with Gasteiger partial charge >= 0.3 is 0 Å². The third-order valence-electron chi connectivity index (χ3n) is 6.41. The first-order chi connectivity index (χ1) is 14.9. The van der Waals surface area contributed by atoms with Crippen LogP contribution in [0.4, 0.5) is 0 Å². The van der Waals surface area contributed by atoms with Crippen LogP contribution in [0.3, 0.4) is 0 Å². The molecule has 2 fully saturated rings. The van der Waals surface area contributed by atoms with Crippen molar-refractivity contribution >= 4 is 23.4 Å². The Balaban J connectivity index is 1.83. The summed E-state index contributed by atoms with van der Waals surface area (Å²) in [5.74, 6) is -0.785. The summed E-state index contributed by atoms with van der Waals surface area (Å²) in [6, 6.07) is 5.07. The van der Waals surface area contributed by atoms with Crippen LogP contribution in [0.15, 0.2) is 24.3 Å². The van der Waals surface area contributed by atoms with Crippen LogP contribution in [0.2, 0.25) is 0 Å². The number of nitrogens with zero attached hydrogens (tertiary/aromatic N) is 1. The summed E-state index contributed by atoms with van der Waals surface area (Å²) in [5, 5.41) is 6.00. The number of ketones is 2. The second kappa shape index (κ2) is 9.14. The molecule has 4 unspecified atom stereocenters. The van der Waals surface area contributed by atoms with Crippen molar-refractivity contribution in [3.63, 3.8) is 0 Å². The third kappa shape index (κ3) is 4.93. The van der Waals surface area contributed by atoms with E-state index in [1.165, 1.54) is 11.8 Å². The van der Waals surface area contributed by atoms with E-state index in [9.17, 15) is 19.2 Å². The minimum Gasteiger partial charge on any atom is -0.340 e. The molecule has 3 rings (SSSR count). The molecule has 32 heavy (non-hydrogen) atoms. The Morgan fingerprint density at radius 1 is 1.16 bits per heavy atom. The quantitative estimate of drug-likeness (QED) is 0.706. The summed E-state index contributed by atoms with van der Waals surface area (Å²) < 4.78 is 0. The Kier molecular flexibility index (Phi) is 6.89. The van der Waals surface area contributed by atoms with Gasteiger partial charge in [-0.2, -0.15) is 0 Å². The van der Waals surface area contributed by atoms with Crippen molar-refractivity contribution in [2.45, 2.75) is 84.0 Å². The number of hydrogen-bond donors (Lipinski definition) is 2. The van der Waals surface area contributed by atoms with Gasteiger partial charge in [0.1, 0.15) is 12.1 Å². The van der Waals surface area contributed by atoms with Gasteiger partial charge in [0, 0.05) is 11.6 Å². The highest BCUT2D eigenvalue weighted by Crippen LogP contribution is 2.30. The molecule has 0 aromatic heterocycles. The molecule has 2 amide bonds. The molecule has 0 bridgehead atoms. The maximum Gasteiger partial charge on any atom is 0.251 e. The molecule has 2 saturated heterocycles. The monoisotopic (exact) mass is 441 g/mol. The van der Waals surface area contributed by atoms with Gasteiger partial charge in [-0.25, -0.2) is 0 Å². The highest BCUT2D eigenvalue weighted by Gasteiger charge is 2.52. The maximum atomic E-state index is 13.6. The van der Waals surface area contributed by atoms with Crippen molar-refractivity contribution in [3.8, 4) is 0 Å². The van der Waals surface area contributed by atoms with Gasteiger partial charge in [-0.05, 0) is 48.8 Å². The van der Waals surface area contributed by atoms with Crippen LogP contribution in [0.25, 0.3) is 0 Å². The lowest BCUT2D eigenvalue weighted by Crippen LogP contribution is -2.56. The summed E-state index contributed by atoms with van der Waals surface area (Å²) in [4.78, 5) is 52.8. The smallest absolute Gasteiger partial charge is 0.251 e. The number of carbonyl (C=O) groups excluding carboxylic acids is 4. The van der Waals surface area contributed by atoms with Crippen molar-refractivity contribution in [1.82, 2.24) is 15.5 Å². The molecule has 0 spiro atoms. The molecule has 0 aliphatic carbocycles. The van der Waals surface area contributed by atoms with E-state index in [0.29, 0.717) is 18.4 Å². The van der Waals surface area contributed by atoms with E-state index in [4.69, 9.17) is 0 Å². The van der Waals surface area contributed by atoms with Gasteiger partial charge in [-0.3, -0.25) is 19.2 Å². The molecule has 7 heteroatoms. The Morgan fingerprint density at radius 3 is 2.31 bits per heavy atom. The topological polar surface area (TPSA) is 95.6 Å². The first-order valence-corrected chi connectivity index (χ1v) is 11.4. The van der Waals surface area contributed by atoms with Crippen molar-refractivity contribution in [3.05, 3.63) is 35.4 Å². The fourth-order valence-corrected chi connectivity index (χ4v) is 4.67. The Hall–Kier alpha value is -2.54. The lowest BCUT2D eigenvalue weighted by atomic mass is 9.86. The largest absolute Gasteiger partial charge is 0.340 e. The fourth-order valence-electron chi connectivity index (χ4n) is 4.67. The number of rotatable bonds is 6. The van der Waals surface area contributed by atoms with Crippen LogP contribution in [0, 0.1) is 5.92 Å². The molecule has 7 nitrogen and oxygen atoms in total. The second-order valence-corrected chi connectivity index (χ2v) is 10.5. The first kappa shape index (κ1) is 24.1. The van der Waals surface area contributed by atoms with Gasteiger partial charge < -0.3 is 15.5 Å². The number of Topliss-reactive ketones (excluding diaryl/α,β-unsaturated/α-hetero) is 2. The number of carbonyl (C=O) groups is 4. The average Bonchev–Trinajstić information content (AvgIpc) is 3.26. The zero-order valence-corrected chi connectivity index (χ0v) is 19.9. The lowest BCUT2D eigenvalue weighted by Gasteiger charge is -2.32. The fraction of sp³-hybridized carbons (Fsp3) is 0.600. The van der Waals surface area contributed by atoms with Gasteiger partial charge in [0.25, 0.3) is 5.91 Å². The summed E-state index contributed by atoms with van der Waals surface area (Å²) in [6.07, 6.45) is 0.846. The van der Waals surface area contributed by atoms with Crippen LogP contribution in [0.1, 0.15) is 70.3 Å². The summed E-state index contributed by atoms with van der Waals surface area (Å²) in [7, 11) is 0. The molecule has 2 aliphatic heterocycles. The molecule has 2 heterocycles. The zero-order chi connectivity index (χ0) is 23.8. The second-order valence-electron chi connectivity index (χ2n) is 10.5. The number of nitrogens with one attached hydrogen (secondary N) is 2. The van der Waals surface area contributed by atoms with Crippen molar-refractivity contribution < 1.29 is 19.2 Å². The van der Waals surface area contributed by atoms with E-state index in [1.807, 2.05) is 26.0 Å². The van der Waals surface area contributed by atoms with E-state index in [2.05, 4.69) is 31.4 Å². The van der Waals surface area contributed by atoms with Gasteiger partial charge in [0.15, 0.2) is 11.6 Å². The van der Waals surface area contributed by atoms with Gasteiger partial charge in [0.05, 0.1) is 12.6 Å². The molecular weight excluding hydrogens is 406 g/mol. The van der Waals surface area contributed by atoms with Crippen molar-refractivity contribution in [2.24, 2.45) is 5.92 Å². The molecule has 0 saturated carbocycles. The Morgan fingerprint density at radius 2 is 1.78 bits per heavy atom. The lowest BCUT2D eigenvalue weighted by molar-refractivity contribution is -0.143. The van der Waals surface area contributed by atoms with Gasteiger partial charge in [-0.15, -0.1) is 0 Å². The molecule has 2 N–H and O–H groups in total. The minimum absolute atomic E-state index is 0.0268. The molecule has 2 aliphatic rings. The third-order valence-corrected chi connectivity index (χ3v) is 6.41. The van der Waals surface area contributed by atoms with E-state index in [1.54, 1.807) is 12.1 Å². The summed E-state index contributed by atoms with van der Waals surface area (Å²) in [6.45, 7) is 11.9. The molecule has 1 aromatic carbocycles. The van der Waals surface area contributed by atoms with Crippen molar-refractivity contribution in [2.75, 3.05) is 6.54 Å². The molecule has 1 aromatic rings. The summed E-state index contributed by atoms with van der Waals surface area (Å²) >= 11 is 0. The van der Waals surface area contributed by atoms with Crippen LogP contribution < -0.4 is 10.6 Å². The number of benzene rings is 1. The van der Waals surface area contributed by atoms with Crippen LogP contribution in [0.5, 0.6) is 0 Å². The van der Waals surface area contributed by atoms with Crippen LogP contribution in [-0.2, 0) is 19.8 Å². The number of fused-ring (bicyclic) bond motifs is 1. The minimum atomic E-state index is -0.807. The standard InChI is InChI=1S/C25H35N3O4/c1-14(2)11-19(27-23(31)16-7-9-17(10-8-16)25(4,5)6)24(32)28-20(15(3)29)12-18-22(28)21(30)13-26-18/h7-10,14,18-20,22,26H,11-13H2,1-6H3,(H,27,31). The zero-order valence-electron chi connectivity index (χ0n) is 19.9. The van der Waals surface area contributed by atoms with Gasteiger partial charge in [-0.1, -0.05) is 46.8 Å². The van der Waals surface area contributed by atoms with Crippen LogP contribution in [-0.4, -0.2) is 59.0 Å². The molecule has 0 radical (unpaired) electrons. The number of likely N-dealkylation sites (tertiary alicyclic amines) is 1. The average molecular weight is 442 g/mol. The highest BCUT2D eigenvalue weighted by molar-refractivity contribution is 6.01. The first-order valence-electron chi connectivity index (χ1n) is 11.4. The van der Waals surface area contributed by atoms with E-state index < -0.39 is 18.1 Å². The highest BCUT2D eigenvalue weighted by atomic mass is 16.2. The SMILES string of the molecule is CC(=O)C1CC2NCC(=O)C2N1C(=O)C(CC(C)C)NC(=O)c1ccc(C(C)(C)C)cc1.